The Bertz CT molecular complexity index is 743. The Labute approximate surface area is 121 Å². The highest BCUT2D eigenvalue weighted by Crippen LogP contribution is 2.05. The SMILES string of the molecule is CCN(CCO)CCc1nc2c([nH]1)c(=O)n(C)c(=O)n2C. The van der Waals surface area contributed by atoms with Gasteiger partial charge in [0, 0.05) is 33.6 Å². The predicted octanol–water partition coefficient (Wildman–Crippen LogP) is -1.18. The van der Waals surface area contributed by atoms with E-state index in [4.69, 9.17) is 5.11 Å². The molecule has 0 aliphatic carbocycles. The first-order valence-electron chi connectivity index (χ1n) is 6.97. The first kappa shape index (κ1) is 15.5. The summed E-state index contributed by atoms with van der Waals surface area (Å²) < 4.78 is 2.43. The third kappa shape index (κ3) is 2.91. The second-order valence-electron chi connectivity index (χ2n) is 5.00. The van der Waals surface area contributed by atoms with Crippen molar-refractivity contribution in [2.45, 2.75) is 13.3 Å². The van der Waals surface area contributed by atoms with E-state index in [0.717, 1.165) is 17.7 Å². The first-order chi connectivity index (χ1) is 9.99. The third-order valence-electron chi connectivity index (χ3n) is 3.67. The molecule has 2 heterocycles. The first-order valence-corrected chi connectivity index (χ1v) is 6.97. The van der Waals surface area contributed by atoms with Crippen molar-refractivity contribution in [3.63, 3.8) is 0 Å². The van der Waals surface area contributed by atoms with E-state index in [1.807, 2.05) is 6.92 Å². The van der Waals surface area contributed by atoms with Crippen LogP contribution in [0.1, 0.15) is 12.7 Å². The van der Waals surface area contributed by atoms with E-state index in [0.29, 0.717) is 30.0 Å². The number of aromatic nitrogens is 4. The molecule has 21 heavy (non-hydrogen) atoms. The quantitative estimate of drug-likeness (QED) is 0.699. The number of likely N-dealkylation sites (N-methyl/N-ethyl adjacent to an activating group) is 1. The number of fused-ring (bicyclic) bond motifs is 1. The lowest BCUT2D eigenvalue weighted by Gasteiger charge is -2.17. The number of rotatable bonds is 6. The van der Waals surface area contributed by atoms with Crippen LogP contribution in [0.5, 0.6) is 0 Å². The van der Waals surface area contributed by atoms with Crippen molar-refractivity contribution in [1.29, 1.82) is 0 Å². The van der Waals surface area contributed by atoms with Crippen molar-refractivity contribution in [3.05, 3.63) is 26.7 Å². The van der Waals surface area contributed by atoms with Crippen molar-refractivity contribution in [3.8, 4) is 0 Å². The molecule has 2 aromatic heterocycles. The summed E-state index contributed by atoms with van der Waals surface area (Å²) in [4.78, 5) is 33.3. The molecule has 0 saturated carbocycles. The molecule has 0 spiro atoms. The Balaban J connectivity index is 2.32. The molecule has 8 nitrogen and oxygen atoms in total. The minimum Gasteiger partial charge on any atom is -0.395 e. The molecule has 0 aromatic carbocycles. The van der Waals surface area contributed by atoms with Crippen molar-refractivity contribution in [2.24, 2.45) is 14.1 Å². The fourth-order valence-corrected chi connectivity index (χ4v) is 2.33. The molecule has 8 heteroatoms. The number of nitrogens with zero attached hydrogens (tertiary/aromatic N) is 4. The molecular formula is C13H21N5O3. The van der Waals surface area contributed by atoms with Gasteiger partial charge in [0.25, 0.3) is 5.56 Å². The smallest absolute Gasteiger partial charge is 0.332 e. The van der Waals surface area contributed by atoms with Gasteiger partial charge in [-0.25, -0.2) is 9.78 Å². The van der Waals surface area contributed by atoms with Crippen LogP contribution in [-0.2, 0) is 20.5 Å². The minimum atomic E-state index is -0.388. The summed E-state index contributed by atoms with van der Waals surface area (Å²) in [6.07, 6.45) is 0.625. The van der Waals surface area contributed by atoms with E-state index in [1.165, 1.54) is 11.6 Å². The van der Waals surface area contributed by atoms with Crippen LogP contribution in [-0.4, -0.2) is 55.3 Å². The van der Waals surface area contributed by atoms with E-state index >= 15 is 0 Å². The van der Waals surface area contributed by atoms with Gasteiger partial charge in [-0.1, -0.05) is 6.92 Å². The van der Waals surface area contributed by atoms with Crippen molar-refractivity contribution < 1.29 is 5.11 Å². The summed E-state index contributed by atoms with van der Waals surface area (Å²) >= 11 is 0. The summed E-state index contributed by atoms with van der Waals surface area (Å²) in [6.45, 7) is 4.31. The Morgan fingerprint density at radius 1 is 1.24 bits per heavy atom. The summed E-state index contributed by atoms with van der Waals surface area (Å²) in [5, 5.41) is 8.97. The van der Waals surface area contributed by atoms with Gasteiger partial charge in [0.05, 0.1) is 6.61 Å². The highest BCUT2D eigenvalue weighted by atomic mass is 16.3. The Kier molecular flexibility index (Phi) is 4.59. The molecule has 0 atom stereocenters. The van der Waals surface area contributed by atoms with Gasteiger partial charge in [-0.2, -0.15) is 0 Å². The highest BCUT2D eigenvalue weighted by Gasteiger charge is 2.13. The number of H-pyrrole nitrogens is 1. The molecule has 0 bridgehead atoms. The zero-order chi connectivity index (χ0) is 15.6. The molecule has 2 rings (SSSR count). The minimum absolute atomic E-state index is 0.114. The fraction of sp³-hybridized carbons (Fsp3) is 0.615. The highest BCUT2D eigenvalue weighted by molar-refractivity contribution is 5.69. The van der Waals surface area contributed by atoms with Gasteiger partial charge in [0.1, 0.15) is 11.3 Å². The van der Waals surface area contributed by atoms with Gasteiger partial charge in [0.15, 0.2) is 5.65 Å². The number of hydrogen-bond acceptors (Lipinski definition) is 5. The molecule has 0 unspecified atom stereocenters. The largest absolute Gasteiger partial charge is 0.395 e. The second-order valence-corrected chi connectivity index (χ2v) is 5.00. The van der Waals surface area contributed by atoms with Crippen LogP contribution in [0.2, 0.25) is 0 Å². The van der Waals surface area contributed by atoms with Crippen molar-refractivity contribution in [1.82, 2.24) is 24.0 Å². The van der Waals surface area contributed by atoms with Crippen LogP contribution >= 0.6 is 0 Å². The maximum Gasteiger partial charge on any atom is 0.332 e. The Morgan fingerprint density at radius 2 is 1.95 bits per heavy atom. The Morgan fingerprint density at radius 3 is 2.57 bits per heavy atom. The number of aromatic amines is 1. The van der Waals surface area contributed by atoms with Crippen LogP contribution in [0, 0.1) is 0 Å². The predicted molar refractivity (Wildman–Crippen MR) is 79.5 cm³/mol. The van der Waals surface area contributed by atoms with Crippen LogP contribution in [0.3, 0.4) is 0 Å². The van der Waals surface area contributed by atoms with Crippen LogP contribution in [0.15, 0.2) is 9.59 Å². The average Bonchev–Trinajstić information content (AvgIpc) is 2.91. The van der Waals surface area contributed by atoms with E-state index in [9.17, 15) is 9.59 Å². The van der Waals surface area contributed by atoms with Crippen molar-refractivity contribution in [2.75, 3.05) is 26.2 Å². The van der Waals surface area contributed by atoms with Gasteiger partial charge in [-0.05, 0) is 6.54 Å². The number of aliphatic hydroxyl groups is 1. The zero-order valence-electron chi connectivity index (χ0n) is 12.6. The van der Waals surface area contributed by atoms with Gasteiger partial charge >= 0.3 is 5.69 Å². The van der Waals surface area contributed by atoms with Gasteiger partial charge < -0.3 is 15.0 Å². The van der Waals surface area contributed by atoms with E-state index in [-0.39, 0.29) is 17.9 Å². The van der Waals surface area contributed by atoms with E-state index in [1.54, 1.807) is 7.05 Å². The number of aryl methyl sites for hydroxylation is 1. The molecule has 0 aliphatic rings. The number of hydrogen-bond donors (Lipinski definition) is 2. The van der Waals surface area contributed by atoms with Crippen LogP contribution < -0.4 is 11.2 Å². The topological polar surface area (TPSA) is 96.2 Å². The molecule has 2 aromatic rings. The molecular weight excluding hydrogens is 274 g/mol. The van der Waals surface area contributed by atoms with Crippen LogP contribution in [0.25, 0.3) is 11.2 Å². The second kappa shape index (κ2) is 6.23. The fourth-order valence-electron chi connectivity index (χ4n) is 2.33. The van der Waals surface area contributed by atoms with Gasteiger partial charge in [0.2, 0.25) is 0 Å². The summed E-state index contributed by atoms with van der Waals surface area (Å²) in [5.74, 6) is 0.666. The van der Waals surface area contributed by atoms with Gasteiger partial charge in [-0.3, -0.25) is 13.9 Å². The summed E-state index contributed by atoms with van der Waals surface area (Å²) in [5.41, 5.74) is -0.0290. The molecule has 116 valence electrons. The lowest BCUT2D eigenvalue weighted by atomic mass is 10.3. The molecule has 0 aliphatic heterocycles. The molecule has 0 radical (unpaired) electrons. The normalized spacial score (nSPS) is 11.7. The van der Waals surface area contributed by atoms with Gasteiger partial charge in [-0.15, -0.1) is 0 Å². The molecule has 2 N–H and O–H groups in total. The third-order valence-corrected chi connectivity index (χ3v) is 3.67. The zero-order valence-corrected chi connectivity index (χ0v) is 12.6. The average molecular weight is 295 g/mol. The lowest BCUT2D eigenvalue weighted by Crippen LogP contribution is -2.36. The number of nitrogens with one attached hydrogen (secondary N) is 1. The standard InChI is InChI=1S/C13H21N5O3/c1-4-18(7-8-19)6-5-9-14-10-11(15-9)16(2)13(21)17(3)12(10)20/h19H,4-8H2,1-3H3,(H,14,15). The number of aliphatic hydroxyl groups excluding tert-OH is 1. The summed E-state index contributed by atoms with van der Waals surface area (Å²) in [7, 11) is 3.05. The monoisotopic (exact) mass is 295 g/mol. The molecule has 0 fully saturated rings. The maximum atomic E-state index is 12.0. The Hall–Kier alpha value is -1.93. The lowest BCUT2D eigenvalue weighted by molar-refractivity contribution is 0.203. The number of imidazole rings is 1. The van der Waals surface area contributed by atoms with E-state index < -0.39 is 0 Å². The van der Waals surface area contributed by atoms with E-state index in [2.05, 4.69) is 14.9 Å². The summed E-state index contributed by atoms with van der Waals surface area (Å²) in [6, 6.07) is 0. The van der Waals surface area contributed by atoms with Crippen LogP contribution in [0.4, 0.5) is 0 Å². The maximum absolute atomic E-state index is 12.0. The van der Waals surface area contributed by atoms with Crippen molar-refractivity contribution >= 4 is 11.2 Å². The molecule has 0 amide bonds. The molecule has 0 saturated heterocycles.